The molecule has 0 saturated heterocycles. The molecule has 0 unspecified atom stereocenters. The largest absolute Gasteiger partial charge is 0.398 e. The van der Waals surface area contributed by atoms with Gasteiger partial charge in [-0.3, -0.25) is 4.79 Å². The predicted octanol–water partition coefficient (Wildman–Crippen LogP) is 3.17. The highest BCUT2D eigenvalue weighted by atomic mass is 19.2. The fourth-order valence-corrected chi connectivity index (χ4v) is 2.32. The molecule has 3 N–H and O–H groups in total. The molecule has 0 spiro atoms. The topological polar surface area (TPSA) is 55.1 Å². The summed E-state index contributed by atoms with van der Waals surface area (Å²) >= 11 is 0. The zero-order valence-electron chi connectivity index (χ0n) is 11.2. The van der Waals surface area contributed by atoms with E-state index >= 15 is 0 Å². The molecule has 0 saturated carbocycles. The molecule has 0 atom stereocenters. The van der Waals surface area contributed by atoms with Crippen LogP contribution >= 0.6 is 0 Å². The predicted molar refractivity (Wildman–Crippen MR) is 74.3 cm³/mol. The van der Waals surface area contributed by atoms with Crippen molar-refractivity contribution in [2.75, 3.05) is 12.3 Å². The van der Waals surface area contributed by atoms with Crippen LogP contribution < -0.4 is 11.1 Å². The molecule has 108 valence electrons. The summed E-state index contributed by atoms with van der Waals surface area (Å²) in [6, 6.07) is 1.66. The molecular weight excluding hydrogens is 262 g/mol. The van der Waals surface area contributed by atoms with Crippen LogP contribution in [-0.4, -0.2) is 12.5 Å². The molecule has 0 fully saturated rings. The third kappa shape index (κ3) is 3.56. The Balaban J connectivity index is 1.92. The van der Waals surface area contributed by atoms with Crippen molar-refractivity contribution in [1.29, 1.82) is 0 Å². The molecule has 5 heteroatoms. The summed E-state index contributed by atoms with van der Waals surface area (Å²) in [5.41, 5.74) is 6.79. The van der Waals surface area contributed by atoms with Crippen LogP contribution in [0.5, 0.6) is 0 Å². The second kappa shape index (κ2) is 6.50. The lowest BCUT2D eigenvalue weighted by atomic mass is 9.97. The lowest BCUT2D eigenvalue weighted by Crippen LogP contribution is -2.26. The first-order valence-corrected chi connectivity index (χ1v) is 6.78. The maximum atomic E-state index is 13.1. The van der Waals surface area contributed by atoms with E-state index in [0.717, 1.165) is 31.4 Å². The van der Waals surface area contributed by atoms with E-state index in [9.17, 15) is 13.6 Å². The van der Waals surface area contributed by atoms with Gasteiger partial charge in [0.25, 0.3) is 5.91 Å². The highest BCUT2D eigenvalue weighted by molar-refractivity contribution is 5.99. The van der Waals surface area contributed by atoms with Crippen LogP contribution in [0.4, 0.5) is 14.5 Å². The number of hydrogen-bond donors (Lipinski definition) is 2. The van der Waals surface area contributed by atoms with Crippen molar-refractivity contribution in [1.82, 2.24) is 5.32 Å². The molecule has 20 heavy (non-hydrogen) atoms. The highest BCUT2D eigenvalue weighted by Crippen LogP contribution is 2.20. The maximum Gasteiger partial charge on any atom is 0.253 e. The van der Waals surface area contributed by atoms with E-state index in [1.807, 2.05) is 0 Å². The lowest BCUT2D eigenvalue weighted by molar-refractivity contribution is 0.0954. The molecule has 0 heterocycles. The summed E-state index contributed by atoms with van der Waals surface area (Å²) in [7, 11) is 0. The molecule has 1 aliphatic rings. The van der Waals surface area contributed by atoms with Crippen LogP contribution in [0.3, 0.4) is 0 Å². The zero-order valence-corrected chi connectivity index (χ0v) is 11.2. The second-order valence-electron chi connectivity index (χ2n) is 4.97. The molecule has 0 aromatic heterocycles. The van der Waals surface area contributed by atoms with Gasteiger partial charge in [0, 0.05) is 18.3 Å². The third-order valence-corrected chi connectivity index (χ3v) is 3.45. The molecule has 0 radical (unpaired) electrons. The Morgan fingerprint density at radius 3 is 2.70 bits per heavy atom. The second-order valence-corrected chi connectivity index (χ2v) is 4.97. The Morgan fingerprint density at radius 2 is 2.00 bits per heavy atom. The van der Waals surface area contributed by atoms with Gasteiger partial charge in [0.15, 0.2) is 11.6 Å². The number of halogens is 2. The van der Waals surface area contributed by atoms with Gasteiger partial charge in [-0.1, -0.05) is 11.6 Å². The van der Waals surface area contributed by atoms with Crippen LogP contribution in [0.1, 0.15) is 42.5 Å². The summed E-state index contributed by atoms with van der Waals surface area (Å²) in [6.45, 7) is 0.475. The van der Waals surface area contributed by atoms with Gasteiger partial charge in [-0.25, -0.2) is 8.78 Å². The first kappa shape index (κ1) is 14.5. The highest BCUT2D eigenvalue weighted by Gasteiger charge is 2.14. The van der Waals surface area contributed by atoms with Crippen molar-refractivity contribution in [3.63, 3.8) is 0 Å². The van der Waals surface area contributed by atoms with Gasteiger partial charge < -0.3 is 11.1 Å². The summed E-state index contributed by atoms with van der Waals surface area (Å²) in [6.07, 6.45) is 7.58. The van der Waals surface area contributed by atoms with E-state index in [-0.39, 0.29) is 11.3 Å². The van der Waals surface area contributed by atoms with E-state index < -0.39 is 17.5 Å². The monoisotopic (exact) mass is 280 g/mol. The van der Waals surface area contributed by atoms with Crippen LogP contribution in [-0.2, 0) is 0 Å². The molecule has 3 nitrogen and oxygen atoms in total. The molecular formula is C15H18F2N2O. The van der Waals surface area contributed by atoms with Crippen molar-refractivity contribution in [3.05, 3.63) is 41.0 Å². The molecule has 1 aromatic rings. The van der Waals surface area contributed by atoms with Gasteiger partial charge in [0.05, 0.1) is 5.56 Å². The van der Waals surface area contributed by atoms with E-state index in [2.05, 4.69) is 11.4 Å². The summed E-state index contributed by atoms with van der Waals surface area (Å²) in [4.78, 5) is 11.9. The Hall–Kier alpha value is -1.91. The van der Waals surface area contributed by atoms with Crippen molar-refractivity contribution in [2.24, 2.45) is 0 Å². The number of anilines is 1. The van der Waals surface area contributed by atoms with Gasteiger partial charge in [-0.2, -0.15) is 0 Å². The number of hydrogen-bond acceptors (Lipinski definition) is 2. The number of carbonyl (C=O) groups excluding carboxylic acids is 1. The van der Waals surface area contributed by atoms with Crippen LogP contribution in [0, 0.1) is 11.6 Å². The quantitative estimate of drug-likeness (QED) is 0.657. The number of carbonyl (C=O) groups is 1. The van der Waals surface area contributed by atoms with Gasteiger partial charge >= 0.3 is 0 Å². The average Bonchev–Trinajstić information content (AvgIpc) is 2.44. The smallest absolute Gasteiger partial charge is 0.253 e. The third-order valence-electron chi connectivity index (χ3n) is 3.45. The minimum absolute atomic E-state index is 0.0264. The van der Waals surface area contributed by atoms with Crippen molar-refractivity contribution >= 4 is 11.6 Å². The van der Waals surface area contributed by atoms with Crippen LogP contribution in [0.15, 0.2) is 23.8 Å². The first-order chi connectivity index (χ1) is 9.58. The van der Waals surface area contributed by atoms with Crippen molar-refractivity contribution < 1.29 is 13.6 Å². The van der Waals surface area contributed by atoms with Crippen molar-refractivity contribution in [2.45, 2.75) is 32.1 Å². The number of benzene rings is 1. The van der Waals surface area contributed by atoms with Crippen molar-refractivity contribution in [3.8, 4) is 0 Å². The SMILES string of the molecule is Nc1cc(F)c(F)cc1C(=O)NCCC1=CCCCC1. The molecule has 0 aliphatic heterocycles. The first-order valence-electron chi connectivity index (χ1n) is 6.78. The van der Waals surface area contributed by atoms with E-state index in [0.29, 0.717) is 6.54 Å². The van der Waals surface area contributed by atoms with E-state index in [1.54, 1.807) is 0 Å². The fourth-order valence-electron chi connectivity index (χ4n) is 2.32. The maximum absolute atomic E-state index is 13.1. The number of nitrogen functional groups attached to an aromatic ring is 1. The number of nitrogens with two attached hydrogens (primary N) is 1. The Bertz CT molecular complexity index is 541. The minimum Gasteiger partial charge on any atom is -0.398 e. The van der Waals surface area contributed by atoms with Gasteiger partial charge in [0.2, 0.25) is 0 Å². The van der Waals surface area contributed by atoms with Gasteiger partial charge in [-0.15, -0.1) is 0 Å². The van der Waals surface area contributed by atoms with E-state index in [4.69, 9.17) is 5.73 Å². The normalized spacial score (nSPS) is 14.8. The molecule has 1 aromatic carbocycles. The lowest BCUT2D eigenvalue weighted by Gasteiger charge is -2.13. The van der Waals surface area contributed by atoms with Crippen LogP contribution in [0.25, 0.3) is 0 Å². The van der Waals surface area contributed by atoms with Gasteiger partial charge in [-0.05, 0) is 38.2 Å². The zero-order chi connectivity index (χ0) is 14.5. The Kier molecular flexibility index (Phi) is 4.71. The standard InChI is InChI=1S/C15H18F2N2O/c16-12-8-11(14(18)9-13(12)17)15(20)19-7-6-10-4-2-1-3-5-10/h4,8-9H,1-3,5-7,18H2,(H,19,20). The molecule has 2 rings (SSSR count). The Labute approximate surface area is 116 Å². The molecule has 1 amide bonds. The molecule has 0 bridgehead atoms. The number of rotatable bonds is 4. The summed E-state index contributed by atoms with van der Waals surface area (Å²) in [5.74, 6) is -2.59. The summed E-state index contributed by atoms with van der Waals surface area (Å²) in [5, 5.41) is 2.68. The summed E-state index contributed by atoms with van der Waals surface area (Å²) < 4.78 is 26.0. The fraction of sp³-hybridized carbons (Fsp3) is 0.400. The van der Waals surface area contributed by atoms with Gasteiger partial charge in [0.1, 0.15) is 0 Å². The van der Waals surface area contributed by atoms with Crippen LogP contribution in [0.2, 0.25) is 0 Å². The minimum atomic E-state index is -1.07. The molecule has 1 aliphatic carbocycles. The number of allylic oxidation sites excluding steroid dienone is 1. The van der Waals surface area contributed by atoms with E-state index in [1.165, 1.54) is 18.4 Å². The number of nitrogens with one attached hydrogen (secondary N) is 1. The Morgan fingerprint density at radius 1 is 1.25 bits per heavy atom. The average molecular weight is 280 g/mol. The number of amides is 1.